The zero-order chi connectivity index (χ0) is 11.1. The van der Waals surface area contributed by atoms with Gasteiger partial charge in [0.05, 0.1) is 6.61 Å². The molecule has 0 saturated heterocycles. The number of hydrogen-bond donors (Lipinski definition) is 1. The third-order valence-electron chi connectivity index (χ3n) is 1.75. The number of nitro groups is 1. The van der Waals surface area contributed by atoms with Crippen LogP contribution in [-0.4, -0.2) is 30.1 Å². The number of rotatable bonds is 6. The quantitative estimate of drug-likeness (QED) is 0.431. The Morgan fingerprint density at radius 2 is 2.47 bits per heavy atom. The van der Waals surface area contributed by atoms with E-state index in [1.165, 1.54) is 6.20 Å². The van der Waals surface area contributed by atoms with Crippen LogP contribution in [0.15, 0.2) is 18.3 Å². The highest BCUT2D eigenvalue weighted by atomic mass is 16.6. The molecule has 1 N–H and O–H groups in total. The van der Waals surface area contributed by atoms with Crippen molar-refractivity contribution < 1.29 is 9.66 Å². The fraction of sp³-hybridized carbons (Fsp3) is 0.444. The normalized spacial score (nSPS) is 9.93. The van der Waals surface area contributed by atoms with Gasteiger partial charge in [0, 0.05) is 0 Å². The van der Waals surface area contributed by atoms with Crippen LogP contribution in [0.3, 0.4) is 0 Å². The summed E-state index contributed by atoms with van der Waals surface area (Å²) < 4.78 is 5.26. The number of nitrogens with one attached hydrogen (secondary N) is 1. The van der Waals surface area contributed by atoms with E-state index in [0.717, 1.165) is 13.0 Å². The van der Waals surface area contributed by atoms with E-state index >= 15 is 0 Å². The van der Waals surface area contributed by atoms with Gasteiger partial charge in [0.25, 0.3) is 0 Å². The minimum Gasteiger partial charge on any atom is -0.486 e. The van der Waals surface area contributed by atoms with Crippen LogP contribution in [-0.2, 0) is 0 Å². The summed E-state index contributed by atoms with van der Waals surface area (Å²) in [5, 5.41) is 13.5. The van der Waals surface area contributed by atoms with Crippen molar-refractivity contribution in [3.05, 3.63) is 28.4 Å². The fourth-order valence-electron chi connectivity index (χ4n) is 1.06. The minimum atomic E-state index is -0.548. The van der Waals surface area contributed by atoms with E-state index in [-0.39, 0.29) is 11.6 Å². The topological polar surface area (TPSA) is 77.3 Å². The molecule has 1 aromatic rings. The summed E-state index contributed by atoms with van der Waals surface area (Å²) in [5.74, 6) is -0.0134. The van der Waals surface area contributed by atoms with Gasteiger partial charge < -0.3 is 20.2 Å². The molecule has 0 radical (unpaired) electrons. The van der Waals surface area contributed by atoms with Crippen molar-refractivity contribution in [2.45, 2.75) is 6.42 Å². The first-order valence-electron chi connectivity index (χ1n) is 4.62. The molecule has 0 saturated carbocycles. The molecule has 82 valence electrons. The van der Waals surface area contributed by atoms with Crippen molar-refractivity contribution in [2.24, 2.45) is 0 Å². The maximum Gasteiger partial charge on any atom is 0.406 e. The molecule has 0 spiro atoms. The second kappa shape index (κ2) is 5.92. The molecule has 0 aliphatic rings. The number of aromatic nitrogens is 1. The molecule has 0 atom stereocenters. The van der Waals surface area contributed by atoms with Crippen molar-refractivity contribution in [2.75, 3.05) is 20.2 Å². The highest BCUT2D eigenvalue weighted by Crippen LogP contribution is 2.22. The standard InChI is InChI=1S/C9H13N3O3/c1-10-5-3-7-15-8-4-2-6-11-9(8)12(13)14/h2,4,6,10H,3,5,7H2,1H3. The molecule has 0 aromatic carbocycles. The molecule has 0 fully saturated rings. The maximum absolute atomic E-state index is 10.6. The predicted octanol–water partition coefficient (Wildman–Crippen LogP) is 0.978. The van der Waals surface area contributed by atoms with Crippen LogP contribution in [0.2, 0.25) is 0 Å². The summed E-state index contributed by atoms with van der Waals surface area (Å²) in [4.78, 5) is 13.7. The highest BCUT2D eigenvalue weighted by molar-refractivity contribution is 5.38. The Morgan fingerprint density at radius 1 is 1.67 bits per heavy atom. The van der Waals surface area contributed by atoms with E-state index in [4.69, 9.17) is 4.74 Å². The molecule has 1 aromatic heterocycles. The summed E-state index contributed by atoms with van der Waals surface area (Å²) >= 11 is 0. The summed E-state index contributed by atoms with van der Waals surface area (Å²) in [6.07, 6.45) is 2.17. The molecular weight excluding hydrogens is 198 g/mol. The molecule has 6 heteroatoms. The van der Waals surface area contributed by atoms with Gasteiger partial charge in [0.1, 0.15) is 6.20 Å². The van der Waals surface area contributed by atoms with E-state index in [0.29, 0.717) is 6.61 Å². The number of ether oxygens (including phenoxy) is 1. The van der Waals surface area contributed by atoms with Gasteiger partial charge in [0.2, 0.25) is 5.75 Å². The summed E-state index contributed by atoms with van der Waals surface area (Å²) in [5.41, 5.74) is 0. The van der Waals surface area contributed by atoms with Crippen LogP contribution >= 0.6 is 0 Å². The molecule has 1 rings (SSSR count). The SMILES string of the molecule is CNCCCOc1cccnc1[N+](=O)[O-]. The van der Waals surface area contributed by atoms with Crippen molar-refractivity contribution >= 4 is 5.82 Å². The lowest BCUT2D eigenvalue weighted by Crippen LogP contribution is -2.12. The molecule has 1 heterocycles. The van der Waals surface area contributed by atoms with Crippen molar-refractivity contribution in [3.63, 3.8) is 0 Å². The predicted molar refractivity (Wildman–Crippen MR) is 54.9 cm³/mol. The molecular formula is C9H13N3O3. The molecule has 0 unspecified atom stereocenters. The molecule has 6 nitrogen and oxygen atoms in total. The van der Waals surface area contributed by atoms with Gasteiger partial charge in [-0.25, -0.2) is 0 Å². The van der Waals surface area contributed by atoms with Gasteiger partial charge >= 0.3 is 5.82 Å². The third-order valence-corrected chi connectivity index (χ3v) is 1.75. The zero-order valence-electron chi connectivity index (χ0n) is 8.47. The third kappa shape index (κ3) is 3.51. The number of nitrogens with zero attached hydrogens (tertiary/aromatic N) is 2. The van der Waals surface area contributed by atoms with Crippen molar-refractivity contribution in [3.8, 4) is 5.75 Å². The lowest BCUT2D eigenvalue weighted by molar-refractivity contribution is -0.390. The Morgan fingerprint density at radius 3 is 3.13 bits per heavy atom. The second-order valence-corrected chi connectivity index (χ2v) is 2.89. The first-order valence-corrected chi connectivity index (χ1v) is 4.62. The first-order chi connectivity index (χ1) is 7.25. The maximum atomic E-state index is 10.6. The van der Waals surface area contributed by atoms with Crippen LogP contribution in [0.1, 0.15) is 6.42 Å². The van der Waals surface area contributed by atoms with Crippen LogP contribution in [0.4, 0.5) is 5.82 Å². The van der Waals surface area contributed by atoms with Crippen LogP contribution in [0.5, 0.6) is 5.75 Å². The second-order valence-electron chi connectivity index (χ2n) is 2.89. The number of hydrogen-bond acceptors (Lipinski definition) is 5. The fourth-order valence-corrected chi connectivity index (χ4v) is 1.06. The summed E-state index contributed by atoms with van der Waals surface area (Å²) in [6.45, 7) is 1.25. The average molecular weight is 211 g/mol. The van der Waals surface area contributed by atoms with Crippen LogP contribution < -0.4 is 10.1 Å². The van der Waals surface area contributed by atoms with Gasteiger partial charge in [-0.2, -0.15) is 0 Å². The van der Waals surface area contributed by atoms with E-state index in [1.54, 1.807) is 12.1 Å². The highest BCUT2D eigenvalue weighted by Gasteiger charge is 2.14. The Balaban J connectivity index is 2.56. The smallest absolute Gasteiger partial charge is 0.406 e. The Bertz CT molecular complexity index is 330. The lowest BCUT2D eigenvalue weighted by atomic mass is 10.4. The van der Waals surface area contributed by atoms with E-state index in [9.17, 15) is 10.1 Å². The summed E-state index contributed by atoms with van der Waals surface area (Å²) in [7, 11) is 1.84. The average Bonchev–Trinajstić information content (AvgIpc) is 2.25. The Hall–Kier alpha value is -1.69. The molecule has 0 aliphatic carbocycles. The largest absolute Gasteiger partial charge is 0.486 e. The molecule has 0 aliphatic heterocycles. The molecule has 0 bridgehead atoms. The first kappa shape index (κ1) is 11.4. The minimum absolute atomic E-state index is 0.221. The van der Waals surface area contributed by atoms with E-state index in [1.807, 2.05) is 7.05 Å². The van der Waals surface area contributed by atoms with Gasteiger partial charge in [0.15, 0.2) is 0 Å². The van der Waals surface area contributed by atoms with E-state index in [2.05, 4.69) is 10.3 Å². The molecule has 15 heavy (non-hydrogen) atoms. The van der Waals surface area contributed by atoms with Crippen molar-refractivity contribution in [1.29, 1.82) is 0 Å². The number of pyridine rings is 1. The van der Waals surface area contributed by atoms with Gasteiger partial charge in [-0.1, -0.05) is 0 Å². The van der Waals surface area contributed by atoms with Crippen molar-refractivity contribution in [1.82, 2.24) is 10.3 Å². The lowest BCUT2D eigenvalue weighted by Gasteiger charge is -2.05. The van der Waals surface area contributed by atoms with Crippen LogP contribution in [0, 0.1) is 10.1 Å². The zero-order valence-corrected chi connectivity index (χ0v) is 8.47. The Labute approximate surface area is 87.4 Å². The molecule has 0 amide bonds. The van der Waals surface area contributed by atoms with Gasteiger partial charge in [-0.05, 0) is 42.1 Å². The van der Waals surface area contributed by atoms with Gasteiger partial charge in [-0.15, -0.1) is 0 Å². The monoisotopic (exact) mass is 211 g/mol. The Kier molecular flexibility index (Phi) is 4.49. The summed E-state index contributed by atoms with van der Waals surface area (Å²) in [6, 6.07) is 3.16. The van der Waals surface area contributed by atoms with E-state index < -0.39 is 4.92 Å². The van der Waals surface area contributed by atoms with Crippen LogP contribution in [0.25, 0.3) is 0 Å². The van der Waals surface area contributed by atoms with Gasteiger partial charge in [-0.3, -0.25) is 0 Å².